The van der Waals surface area contributed by atoms with Crippen molar-refractivity contribution in [2.24, 2.45) is 11.7 Å². The molecule has 19 heavy (non-hydrogen) atoms. The maximum atomic E-state index is 14.0. The third-order valence-electron chi connectivity index (χ3n) is 3.87. The molecule has 3 N–H and O–H groups in total. The molecular weight excluding hydrogens is 259 g/mol. The van der Waals surface area contributed by atoms with Gasteiger partial charge < -0.3 is 11.1 Å². The van der Waals surface area contributed by atoms with E-state index < -0.39 is 0 Å². The van der Waals surface area contributed by atoms with Gasteiger partial charge in [0.05, 0.1) is 5.69 Å². The largest absolute Gasteiger partial charge is 0.389 e. The second-order valence-corrected chi connectivity index (χ2v) is 5.95. The molecule has 1 aromatic carbocycles. The van der Waals surface area contributed by atoms with Crippen LogP contribution < -0.4 is 11.1 Å². The summed E-state index contributed by atoms with van der Waals surface area (Å²) in [5, 5.41) is 3.32. The molecule has 0 bridgehead atoms. The lowest BCUT2D eigenvalue weighted by Gasteiger charge is -2.18. The maximum Gasteiger partial charge on any atom is 0.146 e. The minimum absolute atomic E-state index is 0.230. The summed E-state index contributed by atoms with van der Waals surface area (Å²) in [5.74, 6) is 0.510. The van der Waals surface area contributed by atoms with Crippen molar-refractivity contribution in [3.05, 3.63) is 29.6 Å². The van der Waals surface area contributed by atoms with E-state index in [0.29, 0.717) is 17.3 Å². The van der Waals surface area contributed by atoms with Crippen molar-refractivity contribution in [1.29, 1.82) is 0 Å². The molecular formula is C15H21FN2S. The standard InChI is InChI=1S/C15H21FN2S/c1-10-3-2-4-12(7-5-10)18-14-8-6-11(15(17)19)9-13(14)16/h6,8-10,12,18H,2-5,7H2,1H3,(H2,17,19). The van der Waals surface area contributed by atoms with E-state index in [1.54, 1.807) is 12.1 Å². The molecule has 4 heteroatoms. The topological polar surface area (TPSA) is 38.0 Å². The highest BCUT2D eigenvalue weighted by Crippen LogP contribution is 2.26. The van der Waals surface area contributed by atoms with Gasteiger partial charge in [-0.2, -0.15) is 0 Å². The highest BCUT2D eigenvalue weighted by atomic mass is 32.1. The van der Waals surface area contributed by atoms with Crippen molar-refractivity contribution in [1.82, 2.24) is 0 Å². The molecule has 2 unspecified atom stereocenters. The lowest BCUT2D eigenvalue weighted by molar-refractivity contribution is 0.501. The molecule has 0 heterocycles. The van der Waals surface area contributed by atoms with E-state index in [4.69, 9.17) is 18.0 Å². The average Bonchev–Trinajstić information content (AvgIpc) is 2.57. The summed E-state index contributed by atoms with van der Waals surface area (Å²) in [6.45, 7) is 2.29. The summed E-state index contributed by atoms with van der Waals surface area (Å²) in [6, 6.07) is 5.28. The number of nitrogens with one attached hydrogen (secondary N) is 1. The Balaban J connectivity index is 2.04. The zero-order chi connectivity index (χ0) is 13.8. The first kappa shape index (κ1) is 14.3. The van der Waals surface area contributed by atoms with Crippen LogP contribution >= 0.6 is 12.2 Å². The minimum atomic E-state index is -0.275. The molecule has 0 saturated heterocycles. The normalized spacial score (nSPS) is 23.7. The minimum Gasteiger partial charge on any atom is -0.389 e. The summed E-state index contributed by atoms with van der Waals surface area (Å²) in [4.78, 5) is 0.230. The van der Waals surface area contributed by atoms with E-state index in [-0.39, 0.29) is 10.8 Å². The summed E-state index contributed by atoms with van der Waals surface area (Å²) < 4.78 is 14.0. The second-order valence-electron chi connectivity index (χ2n) is 5.51. The van der Waals surface area contributed by atoms with Gasteiger partial charge in [0.25, 0.3) is 0 Å². The molecule has 1 aliphatic rings. The van der Waals surface area contributed by atoms with Crippen LogP contribution in [0.3, 0.4) is 0 Å². The highest BCUT2D eigenvalue weighted by molar-refractivity contribution is 7.80. The van der Waals surface area contributed by atoms with Crippen LogP contribution in [0, 0.1) is 11.7 Å². The molecule has 0 amide bonds. The first-order valence-electron chi connectivity index (χ1n) is 6.92. The van der Waals surface area contributed by atoms with Gasteiger partial charge in [-0.3, -0.25) is 0 Å². The number of hydrogen-bond donors (Lipinski definition) is 2. The summed E-state index contributed by atoms with van der Waals surface area (Å²) in [5.41, 5.74) is 6.63. The Labute approximate surface area is 119 Å². The lowest BCUT2D eigenvalue weighted by atomic mass is 10.0. The van der Waals surface area contributed by atoms with E-state index in [1.807, 2.05) is 0 Å². The third kappa shape index (κ3) is 3.90. The number of rotatable bonds is 3. The Morgan fingerprint density at radius 3 is 2.79 bits per heavy atom. The predicted molar refractivity (Wildman–Crippen MR) is 81.9 cm³/mol. The molecule has 0 spiro atoms. The summed E-state index contributed by atoms with van der Waals surface area (Å²) >= 11 is 4.85. The van der Waals surface area contributed by atoms with Crippen LogP contribution in [0.4, 0.5) is 10.1 Å². The van der Waals surface area contributed by atoms with Crippen molar-refractivity contribution >= 4 is 22.9 Å². The number of nitrogens with two attached hydrogens (primary N) is 1. The quantitative estimate of drug-likeness (QED) is 0.652. The lowest BCUT2D eigenvalue weighted by Crippen LogP contribution is -2.19. The Hall–Kier alpha value is -1.16. The Morgan fingerprint density at radius 2 is 2.11 bits per heavy atom. The molecule has 0 aliphatic heterocycles. The van der Waals surface area contributed by atoms with Crippen LogP contribution in [0.1, 0.15) is 44.6 Å². The molecule has 0 aromatic heterocycles. The number of halogens is 1. The first-order valence-corrected chi connectivity index (χ1v) is 7.33. The van der Waals surface area contributed by atoms with Crippen molar-refractivity contribution in [2.45, 2.75) is 45.1 Å². The van der Waals surface area contributed by atoms with Crippen molar-refractivity contribution in [2.75, 3.05) is 5.32 Å². The monoisotopic (exact) mass is 280 g/mol. The SMILES string of the molecule is CC1CCCC(Nc2ccc(C(N)=S)cc2F)CC1. The molecule has 2 rings (SSSR count). The van der Waals surface area contributed by atoms with Crippen molar-refractivity contribution < 1.29 is 4.39 Å². The number of anilines is 1. The van der Waals surface area contributed by atoms with E-state index in [2.05, 4.69) is 12.2 Å². The summed E-state index contributed by atoms with van der Waals surface area (Å²) in [6.07, 6.45) is 5.93. The smallest absolute Gasteiger partial charge is 0.146 e. The van der Waals surface area contributed by atoms with Gasteiger partial charge in [-0.15, -0.1) is 0 Å². The number of hydrogen-bond acceptors (Lipinski definition) is 2. The van der Waals surface area contributed by atoms with Crippen molar-refractivity contribution in [3.63, 3.8) is 0 Å². The number of benzene rings is 1. The fourth-order valence-corrected chi connectivity index (χ4v) is 2.76. The van der Waals surface area contributed by atoms with E-state index >= 15 is 0 Å². The first-order chi connectivity index (χ1) is 9.06. The Bertz CT molecular complexity index is 461. The molecule has 1 fully saturated rings. The van der Waals surface area contributed by atoms with E-state index in [9.17, 15) is 4.39 Å². The molecule has 1 aromatic rings. The van der Waals surface area contributed by atoms with Crippen LogP contribution in [-0.4, -0.2) is 11.0 Å². The van der Waals surface area contributed by atoms with Crippen LogP contribution in [-0.2, 0) is 0 Å². The fourth-order valence-electron chi connectivity index (χ4n) is 2.64. The van der Waals surface area contributed by atoms with Crippen LogP contribution in [0.15, 0.2) is 18.2 Å². The van der Waals surface area contributed by atoms with Gasteiger partial charge >= 0.3 is 0 Å². The number of thiocarbonyl (C=S) groups is 1. The molecule has 104 valence electrons. The summed E-state index contributed by atoms with van der Waals surface area (Å²) in [7, 11) is 0. The van der Waals surface area contributed by atoms with Crippen LogP contribution in [0.25, 0.3) is 0 Å². The van der Waals surface area contributed by atoms with Gasteiger partial charge in [0.15, 0.2) is 0 Å². The van der Waals surface area contributed by atoms with Gasteiger partial charge in [0.2, 0.25) is 0 Å². The molecule has 1 saturated carbocycles. The zero-order valence-electron chi connectivity index (χ0n) is 11.3. The van der Waals surface area contributed by atoms with Crippen molar-refractivity contribution in [3.8, 4) is 0 Å². The Morgan fingerprint density at radius 1 is 1.32 bits per heavy atom. The molecule has 1 aliphatic carbocycles. The zero-order valence-corrected chi connectivity index (χ0v) is 12.1. The van der Waals surface area contributed by atoms with Gasteiger partial charge in [0.1, 0.15) is 10.8 Å². The van der Waals surface area contributed by atoms with Gasteiger partial charge in [0, 0.05) is 11.6 Å². The highest BCUT2D eigenvalue weighted by Gasteiger charge is 2.17. The van der Waals surface area contributed by atoms with E-state index in [1.165, 1.54) is 25.3 Å². The Kier molecular flexibility index (Phi) is 4.75. The van der Waals surface area contributed by atoms with Gasteiger partial charge in [-0.1, -0.05) is 32.0 Å². The fraction of sp³-hybridized carbons (Fsp3) is 0.533. The molecule has 0 radical (unpaired) electrons. The predicted octanol–water partition coefficient (Wildman–Crippen LogP) is 3.84. The second kappa shape index (κ2) is 6.33. The molecule has 2 atom stereocenters. The molecule has 2 nitrogen and oxygen atoms in total. The van der Waals surface area contributed by atoms with E-state index in [0.717, 1.165) is 18.8 Å². The third-order valence-corrected chi connectivity index (χ3v) is 4.11. The van der Waals surface area contributed by atoms with Gasteiger partial charge in [-0.05, 0) is 43.4 Å². The van der Waals surface area contributed by atoms with Crippen LogP contribution in [0.5, 0.6) is 0 Å². The van der Waals surface area contributed by atoms with Gasteiger partial charge in [-0.25, -0.2) is 4.39 Å². The van der Waals surface area contributed by atoms with Crippen LogP contribution in [0.2, 0.25) is 0 Å². The average molecular weight is 280 g/mol. The maximum absolute atomic E-state index is 14.0.